The van der Waals surface area contributed by atoms with Crippen LogP contribution in [0.5, 0.6) is 0 Å². The first kappa shape index (κ1) is 14.5. The van der Waals surface area contributed by atoms with E-state index >= 15 is 0 Å². The molecule has 0 saturated carbocycles. The quantitative estimate of drug-likeness (QED) is 0.595. The SMILES string of the molecule is Cc1cc(C(=O)Nc2ccc(Br)cc2C)cc(NN)n1. The van der Waals surface area contributed by atoms with Gasteiger partial charge in [0, 0.05) is 21.4 Å². The van der Waals surface area contributed by atoms with E-state index in [1.165, 1.54) is 0 Å². The first-order valence-electron chi connectivity index (χ1n) is 6.02. The van der Waals surface area contributed by atoms with E-state index < -0.39 is 0 Å². The molecule has 0 unspecified atom stereocenters. The van der Waals surface area contributed by atoms with Crippen molar-refractivity contribution in [2.75, 3.05) is 10.7 Å². The van der Waals surface area contributed by atoms with Crippen molar-refractivity contribution in [3.8, 4) is 0 Å². The number of rotatable bonds is 3. The van der Waals surface area contributed by atoms with Crippen molar-refractivity contribution in [2.24, 2.45) is 5.84 Å². The van der Waals surface area contributed by atoms with Crippen LogP contribution in [0.25, 0.3) is 0 Å². The molecule has 0 aliphatic heterocycles. The first-order chi connectivity index (χ1) is 9.49. The molecule has 0 bridgehead atoms. The molecular formula is C14H15BrN4O. The second-order valence-electron chi connectivity index (χ2n) is 4.44. The van der Waals surface area contributed by atoms with Crippen molar-refractivity contribution in [1.82, 2.24) is 4.98 Å². The summed E-state index contributed by atoms with van der Waals surface area (Å²) < 4.78 is 0.974. The Kier molecular flexibility index (Phi) is 4.36. The molecular weight excluding hydrogens is 320 g/mol. The highest BCUT2D eigenvalue weighted by Crippen LogP contribution is 2.21. The number of pyridine rings is 1. The molecule has 0 fully saturated rings. The van der Waals surface area contributed by atoms with Crippen molar-refractivity contribution in [1.29, 1.82) is 0 Å². The minimum atomic E-state index is -0.197. The summed E-state index contributed by atoms with van der Waals surface area (Å²) in [5.41, 5.74) is 5.43. The Morgan fingerprint density at radius 3 is 2.65 bits per heavy atom. The molecule has 6 heteroatoms. The van der Waals surface area contributed by atoms with Crippen LogP contribution in [0.15, 0.2) is 34.8 Å². The van der Waals surface area contributed by atoms with Gasteiger partial charge in [0.2, 0.25) is 0 Å². The number of aryl methyl sites for hydroxylation is 2. The number of carbonyl (C=O) groups excluding carboxylic acids is 1. The van der Waals surface area contributed by atoms with E-state index in [-0.39, 0.29) is 5.91 Å². The van der Waals surface area contributed by atoms with Crippen molar-refractivity contribution >= 4 is 33.3 Å². The minimum absolute atomic E-state index is 0.197. The lowest BCUT2D eigenvalue weighted by Gasteiger charge is -2.10. The van der Waals surface area contributed by atoms with Crippen LogP contribution in [0.3, 0.4) is 0 Å². The van der Waals surface area contributed by atoms with E-state index in [2.05, 4.69) is 31.7 Å². The smallest absolute Gasteiger partial charge is 0.255 e. The molecule has 0 atom stereocenters. The fraction of sp³-hybridized carbons (Fsp3) is 0.143. The molecule has 0 aliphatic carbocycles. The average Bonchev–Trinajstić information content (AvgIpc) is 2.41. The summed E-state index contributed by atoms with van der Waals surface area (Å²) >= 11 is 3.39. The number of nitrogens with one attached hydrogen (secondary N) is 2. The average molecular weight is 335 g/mol. The first-order valence-corrected chi connectivity index (χ1v) is 6.81. The summed E-state index contributed by atoms with van der Waals surface area (Å²) in [6, 6.07) is 9.00. The molecule has 2 rings (SSSR count). The number of hydrogen-bond donors (Lipinski definition) is 3. The second kappa shape index (κ2) is 6.02. The van der Waals surface area contributed by atoms with Gasteiger partial charge in [0.05, 0.1) is 0 Å². The lowest BCUT2D eigenvalue weighted by molar-refractivity contribution is 0.102. The number of benzene rings is 1. The predicted octanol–water partition coefficient (Wildman–Crippen LogP) is 3.00. The molecule has 20 heavy (non-hydrogen) atoms. The van der Waals surface area contributed by atoms with E-state index in [1.807, 2.05) is 32.0 Å². The highest BCUT2D eigenvalue weighted by Gasteiger charge is 2.10. The number of aromatic nitrogens is 1. The zero-order chi connectivity index (χ0) is 14.7. The third kappa shape index (κ3) is 3.34. The number of hydrazine groups is 1. The third-order valence-electron chi connectivity index (χ3n) is 2.80. The molecule has 2 aromatic rings. The number of nitrogens with two attached hydrogens (primary N) is 1. The third-order valence-corrected chi connectivity index (χ3v) is 3.29. The molecule has 0 aliphatic rings. The Morgan fingerprint density at radius 1 is 1.25 bits per heavy atom. The summed E-state index contributed by atoms with van der Waals surface area (Å²) in [7, 11) is 0. The standard InChI is InChI=1S/C14H15BrN4O/c1-8-5-11(15)3-4-12(8)18-14(20)10-6-9(2)17-13(7-10)19-16/h3-7H,16H2,1-2H3,(H,17,19)(H,18,20). The van der Waals surface area contributed by atoms with Crippen LogP contribution < -0.4 is 16.6 Å². The highest BCUT2D eigenvalue weighted by molar-refractivity contribution is 9.10. The normalized spacial score (nSPS) is 10.2. The fourth-order valence-electron chi connectivity index (χ4n) is 1.84. The Bertz CT molecular complexity index is 658. The van der Waals surface area contributed by atoms with Crippen molar-refractivity contribution < 1.29 is 4.79 Å². The summed E-state index contributed by atoms with van der Waals surface area (Å²) in [6.45, 7) is 3.74. The van der Waals surface area contributed by atoms with Gasteiger partial charge in [-0.2, -0.15) is 0 Å². The lowest BCUT2D eigenvalue weighted by Crippen LogP contribution is -2.15. The van der Waals surface area contributed by atoms with Crippen LogP contribution in [0.1, 0.15) is 21.6 Å². The van der Waals surface area contributed by atoms with Gasteiger partial charge in [-0.05, 0) is 49.7 Å². The molecule has 1 aromatic heterocycles. The highest BCUT2D eigenvalue weighted by atomic mass is 79.9. The molecule has 104 valence electrons. The van der Waals surface area contributed by atoms with Gasteiger partial charge < -0.3 is 10.7 Å². The maximum Gasteiger partial charge on any atom is 0.255 e. The maximum atomic E-state index is 12.3. The Balaban J connectivity index is 2.26. The van der Waals surface area contributed by atoms with Crippen molar-refractivity contribution in [3.05, 3.63) is 51.6 Å². The predicted molar refractivity (Wildman–Crippen MR) is 83.6 cm³/mol. The molecule has 0 radical (unpaired) electrons. The number of amides is 1. The number of anilines is 2. The van der Waals surface area contributed by atoms with E-state index in [4.69, 9.17) is 5.84 Å². The molecule has 1 aromatic carbocycles. The Labute approximate surface area is 125 Å². The number of nitrogens with zero attached hydrogens (tertiary/aromatic N) is 1. The van der Waals surface area contributed by atoms with E-state index in [9.17, 15) is 4.79 Å². The second-order valence-corrected chi connectivity index (χ2v) is 5.36. The summed E-state index contributed by atoms with van der Waals surface area (Å²) in [4.78, 5) is 16.4. The summed E-state index contributed by atoms with van der Waals surface area (Å²) in [5, 5.41) is 2.88. The number of carbonyl (C=O) groups is 1. The molecule has 1 amide bonds. The minimum Gasteiger partial charge on any atom is -0.322 e. The van der Waals surface area contributed by atoms with Gasteiger partial charge in [-0.25, -0.2) is 10.8 Å². The largest absolute Gasteiger partial charge is 0.322 e. The zero-order valence-corrected chi connectivity index (χ0v) is 12.8. The Hall–Kier alpha value is -1.92. The van der Waals surface area contributed by atoms with Crippen LogP contribution in [0.2, 0.25) is 0 Å². The van der Waals surface area contributed by atoms with Crippen LogP contribution in [0.4, 0.5) is 11.5 Å². The number of nitrogen functional groups attached to an aromatic ring is 1. The lowest BCUT2D eigenvalue weighted by atomic mass is 10.1. The van der Waals surface area contributed by atoms with E-state index in [0.29, 0.717) is 11.4 Å². The van der Waals surface area contributed by atoms with Crippen LogP contribution in [-0.2, 0) is 0 Å². The topological polar surface area (TPSA) is 80.0 Å². The molecule has 4 N–H and O–H groups in total. The van der Waals surface area contributed by atoms with Crippen molar-refractivity contribution in [3.63, 3.8) is 0 Å². The van der Waals surface area contributed by atoms with Gasteiger partial charge in [0.15, 0.2) is 0 Å². The molecule has 0 saturated heterocycles. The van der Waals surface area contributed by atoms with Gasteiger partial charge in [0.1, 0.15) is 5.82 Å². The van der Waals surface area contributed by atoms with Crippen LogP contribution in [-0.4, -0.2) is 10.9 Å². The molecule has 1 heterocycles. The molecule has 0 spiro atoms. The fourth-order valence-corrected chi connectivity index (χ4v) is 2.31. The number of halogens is 1. The maximum absolute atomic E-state index is 12.3. The Morgan fingerprint density at radius 2 is 2.00 bits per heavy atom. The van der Waals surface area contributed by atoms with Crippen LogP contribution >= 0.6 is 15.9 Å². The van der Waals surface area contributed by atoms with Gasteiger partial charge in [-0.1, -0.05) is 15.9 Å². The van der Waals surface area contributed by atoms with Gasteiger partial charge in [0.25, 0.3) is 5.91 Å². The zero-order valence-electron chi connectivity index (χ0n) is 11.2. The molecule has 5 nitrogen and oxygen atoms in total. The number of hydrogen-bond acceptors (Lipinski definition) is 4. The summed E-state index contributed by atoms with van der Waals surface area (Å²) in [5.74, 6) is 5.60. The van der Waals surface area contributed by atoms with Crippen LogP contribution in [0, 0.1) is 13.8 Å². The summed E-state index contributed by atoms with van der Waals surface area (Å²) in [6.07, 6.45) is 0. The van der Waals surface area contributed by atoms with E-state index in [0.717, 1.165) is 21.4 Å². The van der Waals surface area contributed by atoms with E-state index in [1.54, 1.807) is 12.1 Å². The monoisotopic (exact) mass is 334 g/mol. The van der Waals surface area contributed by atoms with Crippen molar-refractivity contribution in [2.45, 2.75) is 13.8 Å². The van der Waals surface area contributed by atoms with Gasteiger partial charge >= 0.3 is 0 Å². The van der Waals surface area contributed by atoms with Gasteiger partial charge in [-0.3, -0.25) is 4.79 Å². The van der Waals surface area contributed by atoms with Gasteiger partial charge in [-0.15, -0.1) is 0 Å².